The molecule has 1 atom stereocenters. The fourth-order valence-corrected chi connectivity index (χ4v) is 2.32. The number of ether oxygens (including phenoxy) is 1. The van der Waals surface area contributed by atoms with Crippen LogP contribution in [0.5, 0.6) is 0 Å². The van der Waals surface area contributed by atoms with Crippen molar-refractivity contribution < 1.29 is 9.53 Å². The minimum Gasteiger partial charge on any atom is -0.442 e. The van der Waals surface area contributed by atoms with Crippen molar-refractivity contribution >= 4 is 5.97 Å². The third kappa shape index (κ3) is 4.50. The maximum atomic E-state index is 11.5. The molecule has 23 heavy (non-hydrogen) atoms. The summed E-state index contributed by atoms with van der Waals surface area (Å²) in [4.78, 5) is 11.5. The minimum absolute atomic E-state index is 0.400. The summed E-state index contributed by atoms with van der Waals surface area (Å²) < 4.78 is 5.48. The lowest BCUT2D eigenvalue weighted by Gasteiger charge is -2.27. The Balaban J connectivity index is 2.18. The third-order valence-electron chi connectivity index (χ3n) is 3.40. The molecule has 0 saturated heterocycles. The van der Waals surface area contributed by atoms with E-state index in [0.29, 0.717) is 12.8 Å². The summed E-state index contributed by atoms with van der Waals surface area (Å²) in [5, 5.41) is 0. The number of carbonyl (C=O) groups excluding carboxylic acids is 1. The highest BCUT2D eigenvalue weighted by atomic mass is 16.6. The van der Waals surface area contributed by atoms with E-state index in [1.54, 1.807) is 0 Å². The summed E-state index contributed by atoms with van der Waals surface area (Å²) in [6, 6.07) is 19.1. The van der Waals surface area contributed by atoms with Crippen molar-refractivity contribution in [2.24, 2.45) is 0 Å². The lowest BCUT2D eigenvalue weighted by atomic mass is 9.89. The number of hydrogen-bond donors (Lipinski definition) is 0. The second-order valence-corrected chi connectivity index (χ2v) is 5.10. The zero-order valence-corrected chi connectivity index (χ0v) is 13.1. The molecule has 0 bridgehead atoms. The molecule has 0 amide bonds. The molecule has 0 radical (unpaired) electrons. The third-order valence-corrected chi connectivity index (χ3v) is 3.40. The minimum atomic E-state index is -1.07. The Labute approximate surface area is 137 Å². The van der Waals surface area contributed by atoms with Gasteiger partial charge in [-0.25, -0.2) is 0 Å². The Bertz CT molecular complexity index is 745. The number of benzene rings is 2. The number of rotatable bonds is 4. The van der Waals surface area contributed by atoms with Gasteiger partial charge in [-0.3, -0.25) is 4.79 Å². The van der Waals surface area contributed by atoms with E-state index in [1.165, 1.54) is 6.92 Å². The summed E-state index contributed by atoms with van der Waals surface area (Å²) in [5.74, 6) is 8.44. The summed E-state index contributed by atoms with van der Waals surface area (Å²) in [6.07, 6.45) is 6.69. The van der Waals surface area contributed by atoms with Gasteiger partial charge in [-0.15, -0.1) is 6.42 Å². The Hall–Kier alpha value is -2.97. The van der Waals surface area contributed by atoms with Crippen molar-refractivity contribution in [3.8, 4) is 24.2 Å². The van der Waals surface area contributed by atoms with E-state index in [2.05, 4.69) is 17.8 Å². The van der Waals surface area contributed by atoms with Crippen LogP contribution in [0.25, 0.3) is 0 Å². The second-order valence-electron chi connectivity index (χ2n) is 5.10. The average Bonchev–Trinajstić information content (AvgIpc) is 2.59. The van der Waals surface area contributed by atoms with Crippen molar-refractivity contribution in [1.29, 1.82) is 0 Å². The molecule has 0 fully saturated rings. The summed E-state index contributed by atoms with van der Waals surface area (Å²) in [6.45, 7) is 1.37. The van der Waals surface area contributed by atoms with Gasteiger partial charge in [0, 0.05) is 30.9 Å². The van der Waals surface area contributed by atoms with Gasteiger partial charge in [-0.1, -0.05) is 66.3 Å². The number of esters is 1. The lowest BCUT2D eigenvalue weighted by Crippen LogP contribution is -2.30. The molecule has 0 heterocycles. The number of hydrogen-bond acceptors (Lipinski definition) is 2. The monoisotopic (exact) mass is 302 g/mol. The predicted molar refractivity (Wildman–Crippen MR) is 91.3 cm³/mol. The van der Waals surface area contributed by atoms with E-state index in [4.69, 9.17) is 11.2 Å². The summed E-state index contributed by atoms with van der Waals surface area (Å²) >= 11 is 0. The normalized spacial score (nSPS) is 12.2. The number of carbonyl (C=O) groups is 1. The van der Waals surface area contributed by atoms with Crippen LogP contribution < -0.4 is 0 Å². The summed E-state index contributed by atoms with van der Waals surface area (Å²) in [5.41, 5.74) is 0.670. The molecule has 0 saturated carbocycles. The molecule has 0 aliphatic carbocycles. The van der Waals surface area contributed by atoms with Crippen LogP contribution in [0.4, 0.5) is 0 Å². The molecule has 0 aliphatic heterocycles. The van der Waals surface area contributed by atoms with Crippen molar-refractivity contribution in [3.05, 3.63) is 71.8 Å². The van der Waals surface area contributed by atoms with E-state index < -0.39 is 11.6 Å². The first-order valence-corrected chi connectivity index (χ1v) is 7.43. The Morgan fingerprint density at radius 1 is 1.09 bits per heavy atom. The van der Waals surface area contributed by atoms with Crippen LogP contribution in [-0.2, 0) is 15.1 Å². The van der Waals surface area contributed by atoms with E-state index in [1.807, 2.05) is 60.7 Å². The zero-order valence-electron chi connectivity index (χ0n) is 13.1. The topological polar surface area (TPSA) is 26.3 Å². The molecule has 2 aromatic carbocycles. The molecule has 2 heteroatoms. The van der Waals surface area contributed by atoms with Crippen LogP contribution in [0.2, 0.25) is 0 Å². The zero-order chi connectivity index (χ0) is 16.5. The molecule has 0 aromatic heterocycles. The van der Waals surface area contributed by atoms with Gasteiger partial charge in [0.2, 0.25) is 0 Å². The first-order valence-electron chi connectivity index (χ1n) is 7.43. The molecule has 114 valence electrons. The van der Waals surface area contributed by atoms with Gasteiger partial charge in [0.1, 0.15) is 0 Å². The quantitative estimate of drug-likeness (QED) is 0.632. The molecular formula is C21H18O2. The van der Waals surface area contributed by atoms with Crippen molar-refractivity contribution in [3.63, 3.8) is 0 Å². The Kier molecular flexibility index (Phi) is 5.61. The van der Waals surface area contributed by atoms with E-state index in [9.17, 15) is 4.79 Å². The molecule has 2 rings (SSSR count). The van der Waals surface area contributed by atoms with Crippen LogP contribution in [0.1, 0.15) is 30.9 Å². The van der Waals surface area contributed by atoms with Crippen molar-refractivity contribution in [2.75, 3.05) is 0 Å². The van der Waals surface area contributed by atoms with Gasteiger partial charge in [-0.05, 0) is 12.1 Å². The van der Waals surface area contributed by atoms with Crippen LogP contribution in [0.15, 0.2) is 60.7 Å². The van der Waals surface area contributed by atoms with Gasteiger partial charge in [0.25, 0.3) is 0 Å². The first-order chi connectivity index (χ1) is 11.2. The molecule has 0 spiro atoms. The Morgan fingerprint density at radius 3 is 2.26 bits per heavy atom. The largest absolute Gasteiger partial charge is 0.442 e. The van der Waals surface area contributed by atoms with E-state index >= 15 is 0 Å². The molecule has 2 nitrogen and oxygen atoms in total. The molecule has 0 N–H and O–H groups in total. The first kappa shape index (κ1) is 16.4. The van der Waals surface area contributed by atoms with Crippen LogP contribution >= 0.6 is 0 Å². The fraction of sp³-hybridized carbons (Fsp3) is 0.190. The molecular weight excluding hydrogens is 284 g/mol. The standard InChI is InChI=1S/C21H18O2/c1-3-21(23-18(2)22,20-15-8-5-9-16-20)17-11-10-14-19-12-6-4-7-13-19/h1,4-9,12-13,15-16H,11,17H2,2H3. The van der Waals surface area contributed by atoms with E-state index in [0.717, 1.165) is 11.1 Å². The van der Waals surface area contributed by atoms with Gasteiger partial charge >= 0.3 is 5.97 Å². The Morgan fingerprint density at radius 2 is 1.70 bits per heavy atom. The molecule has 0 aliphatic rings. The second kappa shape index (κ2) is 7.87. The molecule has 2 aromatic rings. The van der Waals surface area contributed by atoms with Crippen LogP contribution in [-0.4, -0.2) is 5.97 Å². The van der Waals surface area contributed by atoms with E-state index in [-0.39, 0.29) is 0 Å². The summed E-state index contributed by atoms with van der Waals surface area (Å²) in [7, 11) is 0. The molecule has 1 unspecified atom stereocenters. The van der Waals surface area contributed by atoms with Crippen LogP contribution in [0.3, 0.4) is 0 Å². The van der Waals surface area contributed by atoms with Crippen molar-refractivity contribution in [1.82, 2.24) is 0 Å². The van der Waals surface area contributed by atoms with Gasteiger partial charge in [0.05, 0.1) is 0 Å². The van der Waals surface area contributed by atoms with Gasteiger partial charge in [0.15, 0.2) is 5.60 Å². The number of terminal acetylenes is 1. The maximum absolute atomic E-state index is 11.5. The lowest BCUT2D eigenvalue weighted by molar-refractivity contribution is -0.152. The van der Waals surface area contributed by atoms with Crippen molar-refractivity contribution in [2.45, 2.75) is 25.4 Å². The highest BCUT2D eigenvalue weighted by Crippen LogP contribution is 2.30. The van der Waals surface area contributed by atoms with Gasteiger partial charge in [-0.2, -0.15) is 0 Å². The predicted octanol–water partition coefficient (Wildman–Crippen LogP) is 3.91. The SMILES string of the molecule is C#CC(CCC#Cc1ccccc1)(OC(C)=O)c1ccccc1. The average molecular weight is 302 g/mol. The van der Waals surface area contributed by atoms with Gasteiger partial charge < -0.3 is 4.74 Å². The highest BCUT2D eigenvalue weighted by molar-refractivity contribution is 5.67. The fourth-order valence-electron chi connectivity index (χ4n) is 2.32. The highest BCUT2D eigenvalue weighted by Gasteiger charge is 2.32. The van der Waals surface area contributed by atoms with Crippen LogP contribution in [0, 0.1) is 24.2 Å². The maximum Gasteiger partial charge on any atom is 0.304 e. The smallest absolute Gasteiger partial charge is 0.304 e.